The van der Waals surface area contributed by atoms with Crippen LogP contribution in [0.1, 0.15) is 12.8 Å². The summed E-state index contributed by atoms with van der Waals surface area (Å²) >= 11 is 3.48. The van der Waals surface area contributed by atoms with E-state index in [1.54, 1.807) is 0 Å². The first-order valence-corrected chi connectivity index (χ1v) is 10.1. The van der Waals surface area contributed by atoms with Crippen LogP contribution in [0.2, 0.25) is 0 Å². The van der Waals surface area contributed by atoms with Crippen molar-refractivity contribution in [3.8, 4) is 23.0 Å². The van der Waals surface area contributed by atoms with Gasteiger partial charge in [-0.05, 0) is 55.3 Å². The molecule has 0 aliphatic carbocycles. The minimum atomic E-state index is -0.379. The molecule has 146 valence electrons. The Hall–Kier alpha value is -2.97. The molecule has 0 bridgehead atoms. The van der Waals surface area contributed by atoms with Gasteiger partial charge in [0.15, 0.2) is 0 Å². The van der Waals surface area contributed by atoms with Gasteiger partial charge in [0.05, 0.1) is 5.69 Å². The second-order valence-electron chi connectivity index (χ2n) is 6.91. The summed E-state index contributed by atoms with van der Waals surface area (Å²) in [6, 6.07) is 15.3. The molecule has 1 atom stereocenters. The molecule has 29 heavy (non-hydrogen) atoms. The maximum Gasteiger partial charge on any atom is 0.258 e. The number of carbonyl (C=O) groups excluding carboxylic acids is 1. The number of aromatic nitrogens is 3. The number of nitrogens with one attached hydrogen (secondary N) is 2. The Morgan fingerprint density at radius 2 is 2.14 bits per heavy atom. The van der Waals surface area contributed by atoms with Crippen LogP contribution in [0, 0.1) is 0 Å². The van der Waals surface area contributed by atoms with Crippen LogP contribution in [0.15, 0.2) is 57.5 Å². The molecule has 1 fully saturated rings. The lowest BCUT2D eigenvalue weighted by Gasteiger charge is -2.10. The molecule has 4 aromatic rings. The van der Waals surface area contributed by atoms with Crippen molar-refractivity contribution in [2.75, 3.05) is 11.9 Å². The van der Waals surface area contributed by atoms with E-state index in [2.05, 4.69) is 36.4 Å². The van der Waals surface area contributed by atoms with Gasteiger partial charge in [-0.2, -0.15) is 4.98 Å². The zero-order chi connectivity index (χ0) is 19.8. The summed E-state index contributed by atoms with van der Waals surface area (Å²) in [5, 5.41) is 8.04. The molecular formula is C21H17BrN4O3. The summed E-state index contributed by atoms with van der Waals surface area (Å²) in [4.78, 5) is 20.1. The van der Waals surface area contributed by atoms with Gasteiger partial charge in [-0.1, -0.05) is 27.2 Å². The van der Waals surface area contributed by atoms with Crippen molar-refractivity contribution in [3.63, 3.8) is 0 Å². The first kappa shape index (κ1) is 18.1. The van der Waals surface area contributed by atoms with Crippen LogP contribution < -0.4 is 5.32 Å². The fourth-order valence-corrected chi connectivity index (χ4v) is 3.79. The minimum Gasteiger partial charge on any atom is -0.368 e. The summed E-state index contributed by atoms with van der Waals surface area (Å²) in [6.45, 7) is 0.633. The third-order valence-electron chi connectivity index (χ3n) is 4.85. The molecule has 8 heteroatoms. The number of anilines is 1. The van der Waals surface area contributed by atoms with E-state index in [9.17, 15) is 4.79 Å². The topological polar surface area (TPSA) is 93.0 Å². The van der Waals surface area contributed by atoms with Crippen LogP contribution in [-0.4, -0.2) is 33.7 Å². The van der Waals surface area contributed by atoms with Crippen LogP contribution in [0.25, 0.3) is 33.9 Å². The van der Waals surface area contributed by atoms with Crippen LogP contribution in [0.3, 0.4) is 0 Å². The number of nitrogens with zero attached hydrogens (tertiary/aromatic N) is 2. The molecule has 1 saturated heterocycles. The molecule has 1 amide bonds. The third kappa shape index (κ3) is 3.68. The van der Waals surface area contributed by atoms with Gasteiger partial charge in [0.2, 0.25) is 5.82 Å². The number of H-pyrrole nitrogens is 1. The molecule has 3 heterocycles. The van der Waals surface area contributed by atoms with Gasteiger partial charge < -0.3 is 19.6 Å². The van der Waals surface area contributed by atoms with E-state index < -0.39 is 0 Å². The average Bonchev–Trinajstić information content (AvgIpc) is 3.47. The van der Waals surface area contributed by atoms with Crippen molar-refractivity contribution in [3.05, 3.63) is 53.0 Å². The first-order valence-electron chi connectivity index (χ1n) is 9.31. The smallest absolute Gasteiger partial charge is 0.258 e. The van der Waals surface area contributed by atoms with E-state index in [-0.39, 0.29) is 12.0 Å². The number of fused-ring (bicyclic) bond motifs is 1. The molecule has 0 spiro atoms. The van der Waals surface area contributed by atoms with E-state index in [0.29, 0.717) is 24.0 Å². The lowest BCUT2D eigenvalue weighted by molar-refractivity contribution is -0.124. The normalized spacial score (nSPS) is 16.4. The maximum atomic E-state index is 12.3. The summed E-state index contributed by atoms with van der Waals surface area (Å²) in [5.41, 5.74) is 3.16. The Bertz CT molecular complexity index is 1190. The molecule has 0 saturated carbocycles. The molecular weight excluding hydrogens is 436 g/mol. The molecule has 2 N–H and O–H groups in total. The Labute approximate surface area is 174 Å². The first-order chi connectivity index (χ1) is 14.2. The predicted molar refractivity (Wildman–Crippen MR) is 112 cm³/mol. The summed E-state index contributed by atoms with van der Waals surface area (Å²) in [7, 11) is 0. The highest BCUT2D eigenvalue weighted by atomic mass is 79.9. The summed E-state index contributed by atoms with van der Waals surface area (Å²) < 4.78 is 11.9. The van der Waals surface area contributed by atoms with Gasteiger partial charge in [-0.25, -0.2) is 0 Å². The summed E-state index contributed by atoms with van der Waals surface area (Å²) in [6.07, 6.45) is 1.28. The molecule has 2 aromatic heterocycles. The van der Waals surface area contributed by atoms with Crippen molar-refractivity contribution in [2.45, 2.75) is 18.9 Å². The number of hydrogen-bond acceptors (Lipinski definition) is 5. The zero-order valence-electron chi connectivity index (χ0n) is 15.3. The third-order valence-corrected chi connectivity index (χ3v) is 5.34. The number of rotatable bonds is 4. The minimum absolute atomic E-state index is 0.130. The average molecular weight is 453 g/mol. The lowest BCUT2D eigenvalue weighted by atomic mass is 10.2. The van der Waals surface area contributed by atoms with Crippen molar-refractivity contribution in [2.24, 2.45) is 0 Å². The molecule has 7 nitrogen and oxygen atoms in total. The number of ether oxygens (including phenoxy) is 1. The molecule has 1 aliphatic heterocycles. The predicted octanol–water partition coefficient (Wildman–Crippen LogP) is 4.76. The van der Waals surface area contributed by atoms with Gasteiger partial charge >= 0.3 is 0 Å². The van der Waals surface area contributed by atoms with Gasteiger partial charge in [-0.3, -0.25) is 4.79 Å². The highest BCUT2D eigenvalue weighted by molar-refractivity contribution is 9.10. The Morgan fingerprint density at radius 3 is 3.00 bits per heavy atom. The number of aromatic amines is 1. The highest BCUT2D eigenvalue weighted by Crippen LogP contribution is 2.28. The van der Waals surface area contributed by atoms with Crippen LogP contribution in [0.5, 0.6) is 0 Å². The molecule has 1 unspecified atom stereocenters. The van der Waals surface area contributed by atoms with E-state index in [0.717, 1.165) is 39.5 Å². The summed E-state index contributed by atoms with van der Waals surface area (Å²) in [5.74, 6) is 0.726. The largest absolute Gasteiger partial charge is 0.368 e. The van der Waals surface area contributed by atoms with E-state index >= 15 is 0 Å². The van der Waals surface area contributed by atoms with Gasteiger partial charge in [-0.15, -0.1) is 0 Å². The van der Waals surface area contributed by atoms with E-state index in [4.69, 9.17) is 9.26 Å². The quantitative estimate of drug-likeness (QED) is 0.465. The van der Waals surface area contributed by atoms with Crippen LogP contribution >= 0.6 is 15.9 Å². The van der Waals surface area contributed by atoms with Crippen LogP contribution in [0.4, 0.5) is 5.69 Å². The number of amides is 1. The number of halogens is 1. The Kier molecular flexibility index (Phi) is 4.65. The SMILES string of the molecule is O=C(Nc1cccc(-c2nc(-c3cc4cc(Br)ccc4[nH]3)no2)c1)C1CCCO1. The Balaban J connectivity index is 1.39. The molecule has 2 aromatic carbocycles. The fraction of sp³-hybridized carbons (Fsp3) is 0.190. The molecule has 1 aliphatic rings. The second kappa shape index (κ2) is 7.46. The van der Waals surface area contributed by atoms with Crippen LogP contribution in [-0.2, 0) is 9.53 Å². The highest BCUT2D eigenvalue weighted by Gasteiger charge is 2.23. The van der Waals surface area contributed by atoms with Gasteiger partial charge in [0.25, 0.3) is 11.8 Å². The van der Waals surface area contributed by atoms with E-state index in [1.807, 2.05) is 48.5 Å². The number of hydrogen-bond donors (Lipinski definition) is 2. The number of carbonyl (C=O) groups is 1. The van der Waals surface area contributed by atoms with Crippen molar-refractivity contribution < 1.29 is 14.1 Å². The monoisotopic (exact) mass is 452 g/mol. The standard InChI is InChI=1S/C21H17BrN4O3/c22-14-6-7-16-13(9-14)11-17(24-16)19-25-21(29-26-19)12-3-1-4-15(10-12)23-20(27)18-5-2-8-28-18/h1,3-4,6-7,9-11,18,24H,2,5,8H2,(H,23,27). The molecule has 5 rings (SSSR count). The zero-order valence-corrected chi connectivity index (χ0v) is 16.9. The molecule has 0 radical (unpaired) electrons. The lowest BCUT2D eigenvalue weighted by Crippen LogP contribution is -2.26. The van der Waals surface area contributed by atoms with Gasteiger partial charge in [0, 0.05) is 33.2 Å². The Morgan fingerprint density at radius 1 is 1.21 bits per heavy atom. The second-order valence-corrected chi connectivity index (χ2v) is 7.83. The van der Waals surface area contributed by atoms with Crippen molar-refractivity contribution >= 4 is 38.4 Å². The van der Waals surface area contributed by atoms with E-state index in [1.165, 1.54) is 0 Å². The fourth-order valence-electron chi connectivity index (χ4n) is 3.41. The van der Waals surface area contributed by atoms with Crippen molar-refractivity contribution in [1.82, 2.24) is 15.1 Å². The van der Waals surface area contributed by atoms with Gasteiger partial charge in [0.1, 0.15) is 6.10 Å². The number of benzene rings is 2. The van der Waals surface area contributed by atoms with Crippen molar-refractivity contribution in [1.29, 1.82) is 0 Å². The maximum absolute atomic E-state index is 12.3.